The Labute approximate surface area is 69.0 Å². The van der Waals surface area contributed by atoms with Gasteiger partial charge in [0.2, 0.25) is 0 Å². The number of nitrogens with two attached hydrogens (primary N) is 1. The highest BCUT2D eigenvalue weighted by atomic mass is 31.2. The van der Waals surface area contributed by atoms with Gasteiger partial charge in [0, 0.05) is 19.0 Å². The third kappa shape index (κ3) is 2.20. The minimum atomic E-state index is -0.875. The summed E-state index contributed by atoms with van der Waals surface area (Å²) in [4.78, 5) is 0. The number of hydrogen-bond acceptors (Lipinski definition) is 1. The molecule has 2 N–H and O–H groups in total. The van der Waals surface area contributed by atoms with Gasteiger partial charge < -0.3 is 5.73 Å². The lowest BCUT2D eigenvalue weighted by molar-refractivity contribution is 1.72. The predicted molar refractivity (Wildman–Crippen MR) is 55.2 cm³/mol. The lowest BCUT2D eigenvalue weighted by Gasteiger charge is -2.11. The van der Waals surface area contributed by atoms with Gasteiger partial charge in [-0.1, -0.05) is 6.07 Å². The molecule has 0 fully saturated rings. The van der Waals surface area contributed by atoms with Crippen molar-refractivity contribution < 1.29 is 0 Å². The van der Waals surface area contributed by atoms with Gasteiger partial charge in [-0.25, -0.2) is 0 Å². The molecule has 0 bridgehead atoms. The quantitative estimate of drug-likeness (QED) is 0.502. The highest BCUT2D eigenvalue weighted by Crippen LogP contribution is 2.44. The summed E-state index contributed by atoms with van der Waals surface area (Å²) >= 11 is 0. The molecule has 0 saturated carbocycles. The van der Waals surface area contributed by atoms with E-state index in [1.54, 1.807) is 0 Å². The van der Waals surface area contributed by atoms with Crippen molar-refractivity contribution in [2.75, 3.05) is 25.7 Å². The molecule has 0 aliphatic carbocycles. The van der Waals surface area contributed by atoms with E-state index in [0.29, 0.717) is 0 Å². The molecule has 11 heavy (non-hydrogen) atoms. The second kappa shape index (κ2) is 2.83. The van der Waals surface area contributed by atoms with E-state index in [1.807, 2.05) is 12.1 Å². The van der Waals surface area contributed by atoms with Crippen molar-refractivity contribution in [3.8, 4) is 0 Å². The Bertz CT molecular complexity index is 250. The van der Waals surface area contributed by atoms with E-state index < -0.39 is 7.26 Å². The third-order valence-electron chi connectivity index (χ3n) is 1.64. The summed E-state index contributed by atoms with van der Waals surface area (Å²) in [5.74, 6) is 0. The third-order valence-corrected chi connectivity index (χ3v) is 3.47. The monoisotopic (exact) mass is 168 g/mol. The SMILES string of the molecule is C[P+](C)(C)c1cccc(N)c1. The summed E-state index contributed by atoms with van der Waals surface area (Å²) in [5, 5.41) is 1.40. The molecule has 1 nitrogen and oxygen atoms in total. The van der Waals surface area contributed by atoms with Crippen LogP contribution >= 0.6 is 7.26 Å². The maximum absolute atomic E-state index is 5.67. The standard InChI is InChI=1S/C9H15NP/c1-11(2,3)9-6-4-5-8(10)7-9/h4-7H,10H2,1-3H3/q+1. The van der Waals surface area contributed by atoms with Crippen molar-refractivity contribution in [3.63, 3.8) is 0 Å². The van der Waals surface area contributed by atoms with Crippen molar-refractivity contribution in [3.05, 3.63) is 24.3 Å². The fourth-order valence-electron chi connectivity index (χ4n) is 0.942. The predicted octanol–water partition coefficient (Wildman–Crippen LogP) is 1.80. The van der Waals surface area contributed by atoms with Crippen molar-refractivity contribution >= 4 is 18.3 Å². The number of anilines is 1. The highest BCUT2D eigenvalue weighted by molar-refractivity contribution is 7.80. The smallest absolute Gasteiger partial charge is 0.0951 e. The molecule has 0 amide bonds. The Morgan fingerprint density at radius 3 is 2.18 bits per heavy atom. The van der Waals surface area contributed by atoms with Gasteiger partial charge in [0.1, 0.15) is 0 Å². The molecule has 0 heterocycles. The van der Waals surface area contributed by atoms with Gasteiger partial charge in [-0.3, -0.25) is 0 Å². The zero-order valence-corrected chi connectivity index (χ0v) is 8.23. The van der Waals surface area contributed by atoms with Crippen LogP contribution in [0.1, 0.15) is 0 Å². The summed E-state index contributed by atoms with van der Waals surface area (Å²) in [6.07, 6.45) is 0. The van der Waals surface area contributed by atoms with Crippen LogP contribution in [0.25, 0.3) is 0 Å². The second-order valence-electron chi connectivity index (χ2n) is 3.61. The van der Waals surface area contributed by atoms with Crippen molar-refractivity contribution in [1.29, 1.82) is 0 Å². The molecule has 0 unspecified atom stereocenters. The highest BCUT2D eigenvalue weighted by Gasteiger charge is 2.20. The minimum absolute atomic E-state index is 0.873. The van der Waals surface area contributed by atoms with Crippen LogP contribution in [0.5, 0.6) is 0 Å². The first-order chi connectivity index (χ1) is 5.00. The van der Waals surface area contributed by atoms with E-state index in [2.05, 4.69) is 32.1 Å². The summed E-state index contributed by atoms with van der Waals surface area (Å²) < 4.78 is 0. The molecule has 0 aliphatic heterocycles. The van der Waals surface area contributed by atoms with Crippen LogP contribution in [-0.2, 0) is 0 Å². The summed E-state index contributed by atoms with van der Waals surface area (Å²) in [5.41, 5.74) is 6.55. The molecule has 0 aliphatic rings. The van der Waals surface area contributed by atoms with Crippen LogP contribution < -0.4 is 11.0 Å². The van der Waals surface area contributed by atoms with Gasteiger partial charge >= 0.3 is 0 Å². The number of hydrogen-bond donors (Lipinski definition) is 1. The molecule has 1 aromatic rings. The fraction of sp³-hybridized carbons (Fsp3) is 0.333. The van der Waals surface area contributed by atoms with Crippen LogP contribution in [0, 0.1) is 0 Å². The first-order valence-electron chi connectivity index (χ1n) is 3.68. The Hall–Kier alpha value is -0.550. The van der Waals surface area contributed by atoms with Crippen LogP contribution in [0.3, 0.4) is 0 Å². The van der Waals surface area contributed by atoms with E-state index in [0.717, 1.165) is 5.69 Å². The number of benzene rings is 1. The Kier molecular flexibility index (Phi) is 2.20. The van der Waals surface area contributed by atoms with E-state index in [1.165, 1.54) is 5.30 Å². The van der Waals surface area contributed by atoms with Gasteiger partial charge in [-0.05, 0) is 12.1 Å². The molecule has 0 spiro atoms. The average Bonchev–Trinajstić information content (AvgIpc) is 1.86. The topological polar surface area (TPSA) is 26.0 Å². The summed E-state index contributed by atoms with van der Waals surface area (Å²) in [6.45, 7) is 6.88. The number of rotatable bonds is 1. The van der Waals surface area contributed by atoms with Crippen molar-refractivity contribution in [2.45, 2.75) is 0 Å². The summed E-state index contributed by atoms with van der Waals surface area (Å²) in [7, 11) is -0.875. The summed E-state index contributed by atoms with van der Waals surface area (Å²) in [6, 6.07) is 8.19. The van der Waals surface area contributed by atoms with E-state index in [9.17, 15) is 0 Å². The molecule has 1 aromatic carbocycles. The first-order valence-corrected chi connectivity index (χ1v) is 6.81. The lowest BCUT2D eigenvalue weighted by Crippen LogP contribution is -2.08. The van der Waals surface area contributed by atoms with Crippen LogP contribution in [0.2, 0.25) is 0 Å². The van der Waals surface area contributed by atoms with Crippen LogP contribution in [0.15, 0.2) is 24.3 Å². The average molecular weight is 168 g/mol. The molecule has 60 valence electrons. The number of nitrogen functional groups attached to an aromatic ring is 1. The van der Waals surface area contributed by atoms with Gasteiger partial charge in [-0.2, -0.15) is 0 Å². The molecule has 0 atom stereocenters. The second-order valence-corrected chi connectivity index (χ2v) is 8.15. The van der Waals surface area contributed by atoms with Gasteiger partial charge in [0.05, 0.1) is 25.3 Å². The van der Waals surface area contributed by atoms with Crippen LogP contribution in [-0.4, -0.2) is 20.0 Å². The Balaban J connectivity index is 3.06. The minimum Gasteiger partial charge on any atom is -0.399 e. The molecule has 1 rings (SSSR count). The zero-order valence-electron chi connectivity index (χ0n) is 7.33. The molecular formula is C9H15NP+. The molecule has 0 saturated heterocycles. The van der Waals surface area contributed by atoms with E-state index >= 15 is 0 Å². The molecule has 0 radical (unpaired) electrons. The molecule has 0 aromatic heterocycles. The van der Waals surface area contributed by atoms with Crippen molar-refractivity contribution in [1.82, 2.24) is 0 Å². The van der Waals surface area contributed by atoms with Gasteiger partial charge in [0.25, 0.3) is 0 Å². The Morgan fingerprint density at radius 2 is 1.82 bits per heavy atom. The normalized spacial score (nSPS) is 11.5. The van der Waals surface area contributed by atoms with Crippen LogP contribution in [0.4, 0.5) is 5.69 Å². The first kappa shape index (κ1) is 8.55. The maximum Gasteiger partial charge on any atom is 0.0951 e. The lowest BCUT2D eigenvalue weighted by atomic mass is 10.3. The Morgan fingerprint density at radius 1 is 1.18 bits per heavy atom. The largest absolute Gasteiger partial charge is 0.399 e. The fourth-order valence-corrected chi connectivity index (χ4v) is 2.01. The zero-order chi connectivity index (χ0) is 8.48. The van der Waals surface area contributed by atoms with Gasteiger partial charge in [-0.15, -0.1) is 0 Å². The van der Waals surface area contributed by atoms with E-state index in [4.69, 9.17) is 5.73 Å². The molecular weight excluding hydrogens is 153 g/mol. The van der Waals surface area contributed by atoms with E-state index in [-0.39, 0.29) is 0 Å². The molecule has 2 heteroatoms. The maximum atomic E-state index is 5.67. The van der Waals surface area contributed by atoms with Crippen molar-refractivity contribution in [2.24, 2.45) is 0 Å². The van der Waals surface area contributed by atoms with Gasteiger partial charge in [0.15, 0.2) is 0 Å².